The van der Waals surface area contributed by atoms with Crippen molar-refractivity contribution in [1.82, 2.24) is 29.5 Å². The van der Waals surface area contributed by atoms with Gasteiger partial charge in [-0.1, -0.05) is 6.08 Å². The van der Waals surface area contributed by atoms with Gasteiger partial charge in [0.05, 0.1) is 30.1 Å². The van der Waals surface area contributed by atoms with E-state index in [0.29, 0.717) is 24.5 Å². The van der Waals surface area contributed by atoms with Crippen molar-refractivity contribution >= 4 is 17.2 Å². The lowest BCUT2D eigenvalue weighted by atomic mass is 9.81. The molecule has 3 aliphatic heterocycles. The van der Waals surface area contributed by atoms with E-state index in [1.165, 1.54) is 5.57 Å². The molecule has 2 bridgehead atoms. The lowest BCUT2D eigenvalue weighted by molar-refractivity contribution is -0.0617. The van der Waals surface area contributed by atoms with E-state index in [1.54, 1.807) is 17.1 Å². The summed E-state index contributed by atoms with van der Waals surface area (Å²) in [7, 11) is 1.88. The standard InChI is InChI=1S/C24H32N8/c1-23(2,3)31-15-20(16-31)32-19-5-7-24(32,8-9-25)12-17(11-19)21-6-10-26-22(29-21)28-18-13-27-30(4)14-18/h6,10-11,13-14,19-20H,5,7-8,12,15-16H2,1-4H3,(H,26,28,29). The molecule has 2 fully saturated rings. The molecule has 5 heterocycles. The minimum absolute atomic E-state index is 0.0833. The van der Waals surface area contributed by atoms with Crippen molar-refractivity contribution in [2.24, 2.45) is 7.05 Å². The molecule has 168 valence electrons. The number of hydrogen-bond donors (Lipinski definition) is 1. The maximum Gasteiger partial charge on any atom is 0.227 e. The SMILES string of the molecule is Cn1cc(Nc2nccc(C3=CC4CCC(CC#N)(C3)N4C3CN(C(C)(C)C)C3)n2)cn1. The summed E-state index contributed by atoms with van der Waals surface area (Å²) in [6.45, 7) is 9.02. The van der Waals surface area contributed by atoms with Gasteiger partial charge in [0.15, 0.2) is 0 Å². The van der Waals surface area contributed by atoms with Gasteiger partial charge in [-0.05, 0) is 51.7 Å². The van der Waals surface area contributed by atoms with Crippen LogP contribution in [-0.4, -0.2) is 65.8 Å². The van der Waals surface area contributed by atoms with Crippen LogP contribution in [0.2, 0.25) is 0 Å². The zero-order chi connectivity index (χ0) is 22.5. The topological polar surface area (TPSA) is 85.9 Å². The van der Waals surface area contributed by atoms with Crippen molar-refractivity contribution < 1.29 is 0 Å². The molecule has 0 amide bonds. The summed E-state index contributed by atoms with van der Waals surface area (Å²) < 4.78 is 1.75. The fourth-order valence-corrected chi connectivity index (χ4v) is 5.64. The van der Waals surface area contributed by atoms with E-state index in [-0.39, 0.29) is 11.1 Å². The second-order valence-electron chi connectivity index (χ2n) is 10.5. The van der Waals surface area contributed by atoms with E-state index in [0.717, 1.165) is 43.7 Å². The van der Waals surface area contributed by atoms with Crippen molar-refractivity contribution in [3.8, 4) is 6.07 Å². The van der Waals surface area contributed by atoms with E-state index in [4.69, 9.17) is 4.98 Å². The zero-order valence-electron chi connectivity index (χ0n) is 19.4. The van der Waals surface area contributed by atoms with E-state index >= 15 is 0 Å². The molecule has 2 aromatic rings. The number of likely N-dealkylation sites (tertiary alicyclic amines) is 1. The van der Waals surface area contributed by atoms with Gasteiger partial charge in [0, 0.05) is 55.7 Å². The third kappa shape index (κ3) is 3.70. The highest BCUT2D eigenvalue weighted by atomic mass is 15.4. The minimum Gasteiger partial charge on any atom is -0.321 e. The molecule has 0 aromatic carbocycles. The number of nitrogens with one attached hydrogen (secondary N) is 1. The molecule has 8 heteroatoms. The fraction of sp³-hybridized carbons (Fsp3) is 0.583. The molecular weight excluding hydrogens is 400 g/mol. The number of aryl methyl sites for hydroxylation is 1. The molecule has 32 heavy (non-hydrogen) atoms. The Balaban J connectivity index is 1.39. The molecule has 0 radical (unpaired) electrons. The Bertz CT molecular complexity index is 1070. The van der Waals surface area contributed by atoms with E-state index < -0.39 is 0 Å². The number of nitriles is 1. The van der Waals surface area contributed by atoms with Crippen molar-refractivity contribution in [3.63, 3.8) is 0 Å². The zero-order valence-corrected chi connectivity index (χ0v) is 19.4. The molecule has 5 rings (SSSR count). The second kappa shape index (κ2) is 7.68. The lowest BCUT2D eigenvalue weighted by Crippen LogP contribution is -2.69. The molecule has 0 saturated carbocycles. The van der Waals surface area contributed by atoms with Crippen LogP contribution in [0.4, 0.5) is 11.6 Å². The summed E-state index contributed by atoms with van der Waals surface area (Å²) >= 11 is 0. The predicted octanol–water partition coefficient (Wildman–Crippen LogP) is 3.34. The van der Waals surface area contributed by atoms with Crippen LogP contribution in [0.25, 0.3) is 5.57 Å². The van der Waals surface area contributed by atoms with Crippen LogP contribution < -0.4 is 5.32 Å². The van der Waals surface area contributed by atoms with Crippen LogP contribution >= 0.6 is 0 Å². The second-order valence-corrected chi connectivity index (χ2v) is 10.5. The largest absolute Gasteiger partial charge is 0.321 e. The first-order valence-corrected chi connectivity index (χ1v) is 11.5. The fourth-order valence-electron chi connectivity index (χ4n) is 5.64. The number of rotatable bonds is 5. The van der Waals surface area contributed by atoms with Crippen molar-refractivity contribution in [1.29, 1.82) is 5.26 Å². The van der Waals surface area contributed by atoms with Gasteiger partial charge in [-0.15, -0.1) is 0 Å². The van der Waals surface area contributed by atoms with Gasteiger partial charge in [-0.3, -0.25) is 14.5 Å². The molecule has 2 atom stereocenters. The van der Waals surface area contributed by atoms with Gasteiger partial charge in [-0.25, -0.2) is 9.97 Å². The van der Waals surface area contributed by atoms with Gasteiger partial charge in [0.1, 0.15) is 0 Å². The molecule has 2 saturated heterocycles. The quantitative estimate of drug-likeness (QED) is 0.775. The molecular formula is C24H32N8. The maximum absolute atomic E-state index is 9.72. The number of hydrogen-bond acceptors (Lipinski definition) is 7. The summed E-state index contributed by atoms with van der Waals surface area (Å²) in [5.41, 5.74) is 3.17. The molecule has 2 aromatic heterocycles. The van der Waals surface area contributed by atoms with Gasteiger partial charge in [0.2, 0.25) is 5.95 Å². The average molecular weight is 433 g/mol. The van der Waals surface area contributed by atoms with Crippen LogP contribution in [0.1, 0.15) is 52.1 Å². The first-order chi connectivity index (χ1) is 15.3. The van der Waals surface area contributed by atoms with Gasteiger partial charge in [-0.2, -0.15) is 10.4 Å². The van der Waals surface area contributed by atoms with Crippen molar-refractivity contribution in [2.75, 3.05) is 18.4 Å². The summed E-state index contributed by atoms with van der Waals surface area (Å²) in [6, 6.07) is 5.41. The minimum atomic E-state index is -0.0833. The smallest absolute Gasteiger partial charge is 0.227 e. The highest BCUT2D eigenvalue weighted by Crippen LogP contribution is 2.50. The Morgan fingerprint density at radius 3 is 2.81 bits per heavy atom. The van der Waals surface area contributed by atoms with E-state index in [1.807, 2.05) is 19.3 Å². The molecule has 1 N–H and O–H groups in total. The van der Waals surface area contributed by atoms with Crippen LogP contribution in [0.5, 0.6) is 0 Å². The van der Waals surface area contributed by atoms with E-state index in [9.17, 15) is 5.26 Å². The van der Waals surface area contributed by atoms with Gasteiger partial charge in [0.25, 0.3) is 0 Å². The molecule has 2 unspecified atom stereocenters. The third-order valence-electron chi connectivity index (χ3n) is 7.28. The van der Waals surface area contributed by atoms with Crippen molar-refractivity contribution in [2.45, 2.75) is 69.6 Å². The number of fused-ring (bicyclic) bond motifs is 2. The predicted molar refractivity (Wildman–Crippen MR) is 124 cm³/mol. The van der Waals surface area contributed by atoms with E-state index in [2.05, 4.69) is 58.1 Å². The summed E-state index contributed by atoms with van der Waals surface area (Å²) in [5.74, 6) is 0.570. The van der Waals surface area contributed by atoms with Crippen LogP contribution in [-0.2, 0) is 7.05 Å². The highest BCUT2D eigenvalue weighted by molar-refractivity contribution is 5.67. The highest BCUT2D eigenvalue weighted by Gasteiger charge is 2.54. The third-order valence-corrected chi connectivity index (χ3v) is 7.28. The number of nitrogens with zero attached hydrogens (tertiary/aromatic N) is 7. The summed E-state index contributed by atoms with van der Waals surface area (Å²) in [4.78, 5) is 14.4. The van der Waals surface area contributed by atoms with Crippen LogP contribution in [0.3, 0.4) is 0 Å². The lowest BCUT2D eigenvalue weighted by Gasteiger charge is -2.57. The molecule has 8 nitrogen and oxygen atoms in total. The first kappa shape index (κ1) is 21.1. The average Bonchev–Trinajstić information content (AvgIpc) is 3.18. The van der Waals surface area contributed by atoms with Gasteiger partial charge < -0.3 is 5.32 Å². The molecule has 0 aliphatic carbocycles. The number of aromatic nitrogens is 4. The Morgan fingerprint density at radius 1 is 1.31 bits per heavy atom. The molecule has 3 aliphatic rings. The summed E-state index contributed by atoms with van der Waals surface area (Å²) in [6.07, 6.45) is 11.5. The van der Waals surface area contributed by atoms with Crippen molar-refractivity contribution in [3.05, 3.63) is 36.4 Å². The van der Waals surface area contributed by atoms with Crippen LogP contribution in [0.15, 0.2) is 30.7 Å². The van der Waals surface area contributed by atoms with Gasteiger partial charge >= 0.3 is 0 Å². The first-order valence-electron chi connectivity index (χ1n) is 11.5. The monoisotopic (exact) mass is 432 g/mol. The van der Waals surface area contributed by atoms with Crippen LogP contribution in [0, 0.1) is 11.3 Å². The Morgan fingerprint density at radius 2 is 2.12 bits per heavy atom. The normalized spacial score (nSPS) is 26.5. The maximum atomic E-state index is 9.72. The Kier molecular flexibility index (Phi) is 5.06. The summed E-state index contributed by atoms with van der Waals surface area (Å²) in [5, 5.41) is 17.2. The number of anilines is 2. The Labute approximate surface area is 189 Å². The molecule has 0 spiro atoms. The Hall–Kier alpha value is -2.76.